The van der Waals surface area contributed by atoms with Crippen LogP contribution in [0.15, 0.2) is 48.5 Å². The number of hydrogen-bond acceptors (Lipinski definition) is 3. The highest BCUT2D eigenvalue weighted by molar-refractivity contribution is 5.95. The molecule has 2 aliphatic rings. The maximum atomic E-state index is 12.8. The summed E-state index contributed by atoms with van der Waals surface area (Å²) in [6.07, 6.45) is 1.11. The normalized spacial score (nSPS) is 18.3. The molecule has 0 spiro atoms. The van der Waals surface area contributed by atoms with Crippen LogP contribution in [0.3, 0.4) is 0 Å². The molecule has 1 saturated carbocycles. The largest absolute Gasteiger partial charge is 0.380 e. The van der Waals surface area contributed by atoms with Gasteiger partial charge >= 0.3 is 0 Å². The summed E-state index contributed by atoms with van der Waals surface area (Å²) in [4.78, 5) is 28.4. The van der Waals surface area contributed by atoms with Gasteiger partial charge < -0.3 is 14.9 Å². The van der Waals surface area contributed by atoms with Gasteiger partial charge in [-0.05, 0) is 43.0 Å². The molecule has 1 saturated heterocycles. The lowest BCUT2D eigenvalue weighted by Crippen LogP contribution is -2.53. The molecule has 2 fully saturated rings. The number of nitrogens with zero attached hydrogens (tertiary/aromatic N) is 2. The third-order valence-electron chi connectivity index (χ3n) is 5.49. The number of aryl methyl sites for hydroxylation is 1. The number of rotatable bonds is 3. The standard InChI is InChI=1S/C22H24N2O3/c1-16-2-4-17(5-3-16)18-6-8-19(9-7-18)20(25)23-12-14-24(15-13-23)21(26)22(27)10-11-22/h2-9,27H,10-15H2,1H3. The van der Waals surface area contributed by atoms with Gasteiger partial charge in [0.2, 0.25) is 0 Å². The Morgan fingerprint density at radius 2 is 1.30 bits per heavy atom. The fourth-order valence-electron chi connectivity index (χ4n) is 3.47. The summed E-state index contributed by atoms with van der Waals surface area (Å²) in [5.74, 6) is -0.195. The highest BCUT2D eigenvalue weighted by Gasteiger charge is 2.50. The van der Waals surface area contributed by atoms with Crippen LogP contribution < -0.4 is 0 Å². The molecule has 0 aromatic heterocycles. The van der Waals surface area contributed by atoms with Gasteiger partial charge in [-0.1, -0.05) is 42.0 Å². The zero-order valence-electron chi connectivity index (χ0n) is 15.5. The first-order valence-electron chi connectivity index (χ1n) is 9.44. The van der Waals surface area contributed by atoms with E-state index in [1.165, 1.54) is 5.56 Å². The van der Waals surface area contributed by atoms with E-state index in [2.05, 4.69) is 31.2 Å². The van der Waals surface area contributed by atoms with Crippen LogP contribution in [0.25, 0.3) is 11.1 Å². The van der Waals surface area contributed by atoms with E-state index < -0.39 is 5.60 Å². The van der Waals surface area contributed by atoms with E-state index in [9.17, 15) is 14.7 Å². The summed E-state index contributed by atoms with van der Waals surface area (Å²) in [5.41, 5.74) is 2.96. The Bertz CT molecular complexity index is 846. The first kappa shape index (κ1) is 17.7. The number of carbonyl (C=O) groups excluding carboxylic acids is 2. The number of carbonyl (C=O) groups is 2. The molecule has 5 heteroatoms. The number of aliphatic hydroxyl groups is 1. The van der Waals surface area contributed by atoms with Crippen molar-refractivity contribution in [1.29, 1.82) is 0 Å². The van der Waals surface area contributed by atoms with Crippen molar-refractivity contribution in [3.8, 4) is 11.1 Å². The minimum atomic E-state index is -1.13. The van der Waals surface area contributed by atoms with E-state index >= 15 is 0 Å². The van der Waals surface area contributed by atoms with Crippen molar-refractivity contribution in [3.63, 3.8) is 0 Å². The van der Waals surface area contributed by atoms with Crippen LogP contribution in [0, 0.1) is 6.92 Å². The van der Waals surface area contributed by atoms with Crippen LogP contribution in [-0.4, -0.2) is 58.5 Å². The van der Waals surface area contributed by atoms with Crippen LogP contribution in [0.2, 0.25) is 0 Å². The molecule has 2 aromatic rings. The number of piperazine rings is 1. The molecule has 2 aromatic carbocycles. The van der Waals surface area contributed by atoms with Gasteiger partial charge in [0.05, 0.1) is 0 Å². The van der Waals surface area contributed by atoms with Crippen molar-refractivity contribution in [2.45, 2.75) is 25.4 Å². The lowest BCUT2D eigenvalue weighted by molar-refractivity contribution is -0.143. The van der Waals surface area contributed by atoms with E-state index in [4.69, 9.17) is 0 Å². The molecule has 27 heavy (non-hydrogen) atoms. The average molecular weight is 364 g/mol. The average Bonchev–Trinajstić information content (AvgIpc) is 3.46. The van der Waals surface area contributed by atoms with Crippen molar-refractivity contribution in [3.05, 3.63) is 59.7 Å². The zero-order valence-corrected chi connectivity index (χ0v) is 15.5. The molecule has 5 nitrogen and oxygen atoms in total. The van der Waals surface area contributed by atoms with Crippen LogP contribution >= 0.6 is 0 Å². The predicted molar refractivity (Wildman–Crippen MR) is 103 cm³/mol. The van der Waals surface area contributed by atoms with E-state index in [0.717, 1.165) is 11.1 Å². The van der Waals surface area contributed by atoms with Crippen molar-refractivity contribution >= 4 is 11.8 Å². The second kappa shape index (κ2) is 6.82. The van der Waals surface area contributed by atoms with Crippen molar-refractivity contribution in [2.24, 2.45) is 0 Å². The van der Waals surface area contributed by atoms with Gasteiger partial charge in [0, 0.05) is 31.7 Å². The van der Waals surface area contributed by atoms with Gasteiger partial charge in [-0.25, -0.2) is 0 Å². The Morgan fingerprint density at radius 3 is 1.81 bits per heavy atom. The van der Waals surface area contributed by atoms with Crippen LogP contribution in [0.1, 0.15) is 28.8 Å². The lowest BCUT2D eigenvalue weighted by atomic mass is 10.0. The molecule has 140 valence electrons. The summed E-state index contributed by atoms with van der Waals surface area (Å²) in [6.45, 7) is 4.02. The van der Waals surface area contributed by atoms with E-state index in [1.807, 2.05) is 24.3 Å². The Morgan fingerprint density at radius 1 is 0.815 bits per heavy atom. The Kier molecular flexibility index (Phi) is 4.48. The molecular formula is C22H24N2O3. The number of amides is 2. The molecule has 2 amide bonds. The lowest BCUT2D eigenvalue weighted by Gasteiger charge is -2.35. The molecule has 0 unspecified atom stereocenters. The van der Waals surface area contributed by atoms with E-state index in [0.29, 0.717) is 44.6 Å². The van der Waals surface area contributed by atoms with Gasteiger partial charge in [-0.15, -0.1) is 0 Å². The first-order valence-corrected chi connectivity index (χ1v) is 9.44. The molecule has 0 bridgehead atoms. The van der Waals surface area contributed by atoms with Gasteiger partial charge in [-0.3, -0.25) is 9.59 Å². The quantitative estimate of drug-likeness (QED) is 0.910. The summed E-state index contributed by atoms with van der Waals surface area (Å²) >= 11 is 0. The highest BCUT2D eigenvalue weighted by Crippen LogP contribution is 2.37. The fraction of sp³-hybridized carbons (Fsp3) is 0.364. The first-order chi connectivity index (χ1) is 13.0. The van der Waals surface area contributed by atoms with Crippen LogP contribution in [0.4, 0.5) is 0 Å². The summed E-state index contributed by atoms with van der Waals surface area (Å²) in [5, 5.41) is 9.97. The van der Waals surface area contributed by atoms with Gasteiger partial charge in [0.1, 0.15) is 5.60 Å². The summed E-state index contributed by atoms with van der Waals surface area (Å²) < 4.78 is 0. The van der Waals surface area contributed by atoms with E-state index in [-0.39, 0.29) is 11.8 Å². The SMILES string of the molecule is Cc1ccc(-c2ccc(C(=O)N3CCN(C(=O)C4(O)CC4)CC3)cc2)cc1. The molecular weight excluding hydrogens is 340 g/mol. The van der Waals surface area contributed by atoms with Crippen molar-refractivity contribution in [2.75, 3.05) is 26.2 Å². The summed E-state index contributed by atoms with van der Waals surface area (Å²) in [7, 11) is 0. The predicted octanol–water partition coefficient (Wildman–Crippen LogP) is 2.47. The second-order valence-electron chi connectivity index (χ2n) is 7.56. The number of benzene rings is 2. The van der Waals surface area contributed by atoms with E-state index in [1.54, 1.807) is 9.80 Å². The molecule has 4 rings (SSSR count). The third kappa shape index (κ3) is 3.60. The Labute approximate surface area is 159 Å². The monoisotopic (exact) mass is 364 g/mol. The van der Waals surface area contributed by atoms with Crippen LogP contribution in [0.5, 0.6) is 0 Å². The zero-order chi connectivity index (χ0) is 19.0. The van der Waals surface area contributed by atoms with Crippen molar-refractivity contribution < 1.29 is 14.7 Å². The minimum Gasteiger partial charge on any atom is -0.380 e. The maximum absolute atomic E-state index is 12.8. The molecule has 0 radical (unpaired) electrons. The molecule has 1 aliphatic heterocycles. The fourth-order valence-corrected chi connectivity index (χ4v) is 3.47. The Hall–Kier alpha value is -2.66. The van der Waals surface area contributed by atoms with Gasteiger partial charge in [0.15, 0.2) is 0 Å². The molecule has 1 heterocycles. The highest BCUT2D eigenvalue weighted by atomic mass is 16.3. The molecule has 1 N–H and O–H groups in total. The topological polar surface area (TPSA) is 60.9 Å². The van der Waals surface area contributed by atoms with Gasteiger partial charge in [-0.2, -0.15) is 0 Å². The second-order valence-corrected chi connectivity index (χ2v) is 7.56. The number of hydrogen-bond donors (Lipinski definition) is 1. The Balaban J connectivity index is 1.38. The maximum Gasteiger partial charge on any atom is 0.254 e. The molecule has 0 atom stereocenters. The summed E-state index contributed by atoms with van der Waals surface area (Å²) in [6, 6.07) is 16.0. The van der Waals surface area contributed by atoms with Crippen LogP contribution in [-0.2, 0) is 4.79 Å². The minimum absolute atomic E-state index is 0.0114. The smallest absolute Gasteiger partial charge is 0.254 e. The molecule has 1 aliphatic carbocycles. The third-order valence-corrected chi connectivity index (χ3v) is 5.49. The van der Waals surface area contributed by atoms with Gasteiger partial charge in [0.25, 0.3) is 11.8 Å². The van der Waals surface area contributed by atoms with Crippen molar-refractivity contribution in [1.82, 2.24) is 9.80 Å².